The zero-order valence-corrected chi connectivity index (χ0v) is 15.0. The molecule has 1 aliphatic heterocycles. The molecule has 0 N–H and O–H groups in total. The summed E-state index contributed by atoms with van der Waals surface area (Å²) >= 11 is 0. The Balaban J connectivity index is 1.39. The molecule has 1 saturated heterocycles. The summed E-state index contributed by atoms with van der Waals surface area (Å²) in [5, 5.41) is 4.13. The van der Waals surface area contributed by atoms with Crippen LogP contribution in [0.2, 0.25) is 0 Å². The fraction of sp³-hybridized carbons (Fsp3) is 0.333. The number of hydrogen-bond acceptors (Lipinski definition) is 5. The highest BCUT2D eigenvalue weighted by Crippen LogP contribution is 2.24. The van der Waals surface area contributed by atoms with E-state index in [1.807, 2.05) is 12.1 Å². The van der Waals surface area contributed by atoms with Gasteiger partial charge < -0.3 is 14.2 Å². The zero-order chi connectivity index (χ0) is 17.8. The smallest absolute Gasteiger partial charge is 0.227 e. The lowest BCUT2D eigenvalue weighted by Gasteiger charge is -2.17. The molecule has 0 atom stereocenters. The summed E-state index contributed by atoms with van der Waals surface area (Å²) < 4.78 is 10.6. The van der Waals surface area contributed by atoms with Crippen molar-refractivity contribution >= 4 is 5.69 Å². The quantitative estimate of drug-likeness (QED) is 0.670. The van der Waals surface area contributed by atoms with Crippen molar-refractivity contribution in [1.29, 1.82) is 0 Å². The van der Waals surface area contributed by atoms with Crippen LogP contribution in [0.15, 0.2) is 53.1 Å². The van der Waals surface area contributed by atoms with Crippen LogP contribution in [0.4, 0.5) is 5.69 Å². The Labute approximate surface area is 153 Å². The Morgan fingerprint density at radius 1 is 0.962 bits per heavy atom. The van der Waals surface area contributed by atoms with Gasteiger partial charge in [0.05, 0.1) is 7.11 Å². The second kappa shape index (κ2) is 7.60. The molecule has 1 aliphatic rings. The number of aryl methyl sites for hydroxylation is 2. The minimum atomic E-state index is 0.655. The number of hydrogen-bond donors (Lipinski definition) is 0. The third-order valence-corrected chi connectivity index (χ3v) is 4.85. The molecule has 0 amide bonds. The van der Waals surface area contributed by atoms with Gasteiger partial charge in [-0.2, -0.15) is 4.98 Å². The second-order valence-corrected chi connectivity index (χ2v) is 6.60. The molecule has 5 nitrogen and oxygen atoms in total. The van der Waals surface area contributed by atoms with Gasteiger partial charge in [-0.15, -0.1) is 0 Å². The summed E-state index contributed by atoms with van der Waals surface area (Å²) in [5.74, 6) is 2.19. The monoisotopic (exact) mass is 349 g/mol. The molecule has 26 heavy (non-hydrogen) atoms. The molecule has 0 saturated carbocycles. The summed E-state index contributed by atoms with van der Waals surface area (Å²) in [5.41, 5.74) is 3.49. The van der Waals surface area contributed by atoms with Crippen LogP contribution >= 0.6 is 0 Å². The van der Waals surface area contributed by atoms with Crippen LogP contribution in [0, 0.1) is 0 Å². The largest absolute Gasteiger partial charge is 0.497 e. The highest BCUT2D eigenvalue weighted by Gasteiger charge is 2.13. The normalized spacial score (nSPS) is 14.0. The number of methoxy groups -OCH3 is 1. The van der Waals surface area contributed by atoms with E-state index in [0.29, 0.717) is 11.7 Å². The average molecular weight is 349 g/mol. The van der Waals surface area contributed by atoms with Crippen LogP contribution in [-0.4, -0.2) is 30.3 Å². The minimum absolute atomic E-state index is 0.655. The van der Waals surface area contributed by atoms with Crippen LogP contribution < -0.4 is 9.64 Å². The van der Waals surface area contributed by atoms with Gasteiger partial charge in [-0.3, -0.25) is 0 Å². The van der Waals surface area contributed by atoms with E-state index >= 15 is 0 Å². The van der Waals surface area contributed by atoms with Crippen molar-refractivity contribution in [2.75, 3.05) is 25.1 Å². The predicted molar refractivity (Wildman–Crippen MR) is 102 cm³/mol. The lowest BCUT2D eigenvalue weighted by Crippen LogP contribution is -2.17. The van der Waals surface area contributed by atoms with E-state index in [9.17, 15) is 0 Å². The number of anilines is 1. The number of benzene rings is 2. The van der Waals surface area contributed by atoms with Gasteiger partial charge in [-0.05, 0) is 61.2 Å². The lowest BCUT2D eigenvalue weighted by molar-refractivity contribution is 0.379. The third kappa shape index (κ3) is 3.72. The Kier molecular flexibility index (Phi) is 4.86. The van der Waals surface area contributed by atoms with Gasteiger partial charge >= 0.3 is 0 Å². The number of ether oxygens (including phenoxy) is 1. The fourth-order valence-electron chi connectivity index (χ4n) is 3.31. The van der Waals surface area contributed by atoms with E-state index in [-0.39, 0.29) is 0 Å². The molecule has 4 rings (SSSR count). The Hall–Kier alpha value is -2.82. The number of nitrogens with zero attached hydrogens (tertiary/aromatic N) is 3. The number of rotatable bonds is 6. The van der Waals surface area contributed by atoms with Gasteiger partial charge in [0.25, 0.3) is 0 Å². The predicted octanol–water partition coefficient (Wildman–Crippen LogP) is 4.13. The SMILES string of the molecule is COc1ccc(CCc2nc(-c3ccc(N4CCCC4)cc3)no2)cc1. The summed E-state index contributed by atoms with van der Waals surface area (Å²) in [6, 6.07) is 16.5. The summed E-state index contributed by atoms with van der Waals surface area (Å²) in [6.07, 6.45) is 4.15. The molecule has 2 heterocycles. The second-order valence-electron chi connectivity index (χ2n) is 6.60. The summed E-state index contributed by atoms with van der Waals surface area (Å²) in [4.78, 5) is 6.96. The maximum Gasteiger partial charge on any atom is 0.227 e. The van der Waals surface area contributed by atoms with Crippen molar-refractivity contribution in [3.05, 3.63) is 60.0 Å². The first-order chi connectivity index (χ1) is 12.8. The Morgan fingerprint density at radius 2 is 1.69 bits per heavy atom. The molecule has 0 radical (unpaired) electrons. The molecule has 0 spiro atoms. The molecular formula is C21H23N3O2. The Morgan fingerprint density at radius 3 is 2.38 bits per heavy atom. The first-order valence-electron chi connectivity index (χ1n) is 9.13. The highest BCUT2D eigenvalue weighted by molar-refractivity contribution is 5.60. The van der Waals surface area contributed by atoms with Crippen molar-refractivity contribution in [1.82, 2.24) is 10.1 Å². The first kappa shape index (κ1) is 16.6. The molecular weight excluding hydrogens is 326 g/mol. The molecule has 5 heteroatoms. The van der Waals surface area contributed by atoms with Crippen molar-refractivity contribution in [2.24, 2.45) is 0 Å². The fourth-order valence-corrected chi connectivity index (χ4v) is 3.31. The topological polar surface area (TPSA) is 51.4 Å². The van der Waals surface area contributed by atoms with E-state index < -0.39 is 0 Å². The maximum absolute atomic E-state index is 5.42. The van der Waals surface area contributed by atoms with Gasteiger partial charge in [0, 0.05) is 30.8 Å². The standard InChI is InChI=1S/C21H23N3O2/c1-25-19-11-4-16(5-12-19)6-13-20-22-21(23-26-20)17-7-9-18(10-8-17)24-14-2-3-15-24/h4-5,7-12H,2-3,6,13-15H2,1H3. The van der Waals surface area contributed by atoms with Crippen LogP contribution in [0.5, 0.6) is 5.75 Å². The highest BCUT2D eigenvalue weighted by atomic mass is 16.5. The molecule has 0 unspecified atom stereocenters. The number of aromatic nitrogens is 2. The van der Waals surface area contributed by atoms with Gasteiger partial charge in [0.1, 0.15) is 5.75 Å². The van der Waals surface area contributed by atoms with Crippen LogP contribution in [-0.2, 0) is 12.8 Å². The van der Waals surface area contributed by atoms with Crippen molar-refractivity contribution in [3.8, 4) is 17.1 Å². The zero-order valence-electron chi connectivity index (χ0n) is 15.0. The van der Waals surface area contributed by atoms with Crippen molar-refractivity contribution in [2.45, 2.75) is 25.7 Å². The van der Waals surface area contributed by atoms with E-state index in [2.05, 4.69) is 51.4 Å². The van der Waals surface area contributed by atoms with Crippen molar-refractivity contribution < 1.29 is 9.26 Å². The van der Waals surface area contributed by atoms with Crippen molar-refractivity contribution in [3.63, 3.8) is 0 Å². The minimum Gasteiger partial charge on any atom is -0.497 e. The average Bonchev–Trinajstić information content (AvgIpc) is 3.39. The van der Waals surface area contributed by atoms with Crippen LogP contribution in [0.1, 0.15) is 24.3 Å². The molecule has 1 fully saturated rings. The molecule has 2 aromatic carbocycles. The van der Waals surface area contributed by atoms with Gasteiger partial charge in [0.15, 0.2) is 0 Å². The van der Waals surface area contributed by atoms with Gasteiger partial charge in [-0.25, -0.2) is 0 Å². The van der Waals surface area contributed by atoms with E-state index in [1.165, 1.54) is 24.1 Å². The molecule has 3 aromatic rings. The van der Waals surface area contributed by atoms with Gasteiger partial charge in [-0.1, -0.05) is 17.3 Å². The van der Waals surface area contributed by atoms with Gasteiger partial charge in [0.2, 0.25) is 11.7 Å². The lowest BCUT2D eigenvalue weighted by atomic mass is 10.1. The maximum atomic E-state index is 5.42. The van der Waals surface area contributed by atoms with Crippen LogP contribution in [0.25, 0.3) is 11.4 Å². The summed E-state index contributed by atoms with van der Waals surface area (Å²) in [6.45, 7) is 2.30. The first-order valence-corrected chi connectivity index (χ1v) is 9.13. The molecule has 0 bridgehead atoms. The molecule has 1 aromatic heterocycles. The third-order valence-electron chi connectivity index (χ3n) is 4.85. The summed E-state index contributed by atoms with van der Waals surface area (Å²) in [7, 11) is 1.67. The molecule has 134 valence electrons. The van der Waals surface area contributed by atoms with E-state index in [0.717, 1.165) is 37.2 Å². The Bertz CT molecular complexity index is 834. The molecule has 0 aliphatic carbocycles. The van der Waals surface area contributed by atoms with Crippen LogP contribution in [0.3, 0.4) is 0 Å². The van der Waals surface area contributed by atoms with E-state index in [4.69, 9.17) is 9.26 Å². The van der Waals surface area contributed by atoms with E-state index in [1.54, 1.807) is 7.11 Å².